The van der Waals surface area contributed by atoms with Crippen molar-refractivity contribution in [3.05, 3.63) is 51.5 Å². The van der Waals surface area contributed by atoms with Crippen LogP contribution in [0.15, 0.2) is 29.8 Å². The van der Waals surface area contributed by atoms with E-state index < -0.39 is 5.97 Å². The summed E-state index contributed by atoms with van der Waals surface area (Å²) in [7, 11) is 0. The Balaban J connectivity index is 1.83. The van der Waals surface area contributed by atoms with Gasteiger partial charge < -0.3 is 5.11 Å². The number of carboxylic acids is 1. The second kappa shape index (κ2) is 8.36. The molecule has 0 unspecified atom stereocenters. The molecule has 2 aromatic rings. The number of ketones is 2. The molecule has 5 nitrogen and oxygen atoms in total. The molecule has 1 aliphatic rings. The lowest BCUT2D eigenvalue weighted by atomic mass is 9.89. The normalized spacial score (nSPS) is 14.5. The average Bonchev–Trinajstić information content (AvgIpc) is 3.28. The molecule has 0 atom stereocenters. The molecular formula is C20H21NO4S. The van der Waals surface area contributed by atoms with E-state index in [1.54, 1.807) is 24.4 Å². The standard InChI is InChI=1S/C20H21NO4S/c22-16(12-18-21-7-8-26-18)11-15-6-5-13(10-19(23)24)9-17(15)20(25)14-3-1-2-4-14/h5-9,14H,1-4,10-12H2,(H,23,24). The van der Waals surface area contributed by atoms with E-state index in [0.29, 0.717) is 16.7 Å². The molecule has 0 bridgehead atoms. The molecule has 136 valence electrons. The van der Waals surface area contributed by atoms with Crippen molar-refractivity contribution in [2.45, 2.75) is 44.9 Å². The van der Waals surface area contributed by atoms with Gasteiger partial charge in [0, 0.05) is 29.5 Å². The van der Waals surface area contributed by atoms with Crippen LogP contribution >= 0.6 is 11.3 Å². The fourth-order valence-corrected chi connectivity index (χ4v) is 4.13. The number of carbonyl (C=O) groups is 3. The van der Waals surface area contributed by atoms with Gasteiger partial charge in [0.1, 0.15) is 5.78 Å². The third kappa shape index (κ3) is 4.64. The molecule has 0 radical (unpaired) electrons. The maximum Gasteiger partial charge on any atom is 0.307 e. The van der Waals surface area contributed by atoms with Crippen LogP contribution in [-0.4, -0.2) is 27.6 Å². The first kappa shape index (κ1) is 18.5. The molecule has 1 aromatic heterocycles. The Morgan fingerprint density at radius 2 is 1.88 bits per heavy atom. The van der Waals surface area contributed by atoms with Gasteiger partial charge in [-0.3, -0.25) is 14.4 Å². The molecule has 1 fully saturated rings. The SMILES string of the molecule is O=C(O)Cc1ccc(CC(=O)Cc2nccs2)c(C(=O)C2CCCC2)c1. The van der Waals surface area contributed by atoms with Gasteiger partial charge in [0.2, 0.25) is 0 Å². The number of Topliss-reactive ketones (excluding diaryl/α,β-unsaturated/α-hetero) is 2. The van der Waals surface area contributed by atoms with E-state index in [-0.39, 0.29) is 36.7 Å². The highest BCUT2D eigenvalue weighted by Gasteiger charge is 2.26. The van der Waals surface area contributed by atoms with E-state index in [4.69, 9.17) is 5.11 Å². The van der Waals surface area contributed by atoms with Crippen LogP contribution in [0.5, 0.6) is 0 Å². The molecule has 1 aliphatic carbocycles. The van der Waals surface area contributed by atoms with Gasteiger partial charge in [-0.15, -0.1) is 11.3 Å². The Kier molecular flexibility index (Phi) is 5.93. The second-order valence-corrected chi connectivity index (χ2v) is 7.70. The number of aliphatic carboxylic acids is 1. The summed E-state index contributed by atoms with van der Waals surface area (Å²) in [6, 6.07) is 5.10. The lowest BCUT2D eigenvalue weighted by molar-refractivity contribution is -0.136. The van der Waals surface area contributed by atoms with Crippen LogP contribution in [-0.2, 0) is 28.9 Å². The number of thiazole rings is 1. The molecule has 0 spiro atoms. The summed E-state index contributed by atoms with van der Waals surface area (Å²) in [6.07, 6.45) is 5.80. The Labute approximate surface area is 156 Å². The molecule has 6 heteroatoms. The van der Waals surface area contributed by atoms with Crippen molar-refractivity contribution in [3.63, 3.8) is 0 Å². The summed E-state index contributed by atoms with van der Waals surface area (Å²) in [5.41, 5.74) is 1.80. The Hall–Kier alpha value is -2.34. The quantitative estimate of drug-likeness (QED) is 0.718. The zero-order chi connectivity index (χ0) is 18.5. The molecule has 1 heterocycles. The van der Waals surface area contributed by atoms with Gasteiger partial charge in [-0.25, -0.2) is 4.98 Å². The number of nitrogens with zero attached hydrogens (tertiary/aromatic N) is 1. The van der Waals surface area contributed by atoms with Crippen LogP contribution in [0.4, 0.5) is 0 Å². The smallest absolute Gasteiger partial charge is 0.307 e. The molecule has 0 amide bonds. The number of carbonyl (C=O) groups excluding carboxylic acids is 2. The molecule has 26 heavy (non-hydrogen) atoms. The molecule has 0 saturated heterocycles. The highest BCUT2D eigenvalue weighted by atomic mass is 32.1. The molecule has 1 aromatic carbocycles. The van der Waals surface area contributed by atoms with Crippen molar-refractivity contribution in [3.8, 4) is 0 Å². The van der Waals surface area contributed by atoms with E-state index in [1.807, 2.05) is 5.38 Å². The first-order valence-corrected chi connectivity index (χ1v) is 9.69. The Morgan fingerprint density at radius 3 is 2.54 bits per heavy atom. The minimum absolute atomic E-state index is 0.00593. The minimum Gasteiger partial charge on any atom is -0.481 e. The van der Waals surface area contributed by atoms with Crippen LogP contribution < -0.4 is 0 Å². The number of hydrogen-bond acceptors (Lipinski definition) is 5. The summed E-state index contributed by atoms with van der Waals surface area (Å²) in [6.45, 7) is 0. The predicted molar refractivity (Wildman–Crippen MR) is 98.6 cm³/mol. The minimum atomic E-state index is -0.933. The van der Waals surface area contributed by atoms with Crippen molar-refractivity contribution in [2.24, 2.45) is 5.92 Å². The van der Waals surface area contributed by atoms with Crippen LogP contribution in [0.1, 0.15) is 52.2 Å². The Morgan fingerprint density at radius 1 is 1.12 bits per heavy atom. The highest BCUT2D eigenvalue weighted by Crippen LogP contribution is 2.30. The van der Waals surface area contributed by atoms with E-state index in [2.05, 4.69) is 4.98 Å². The predicted octanol–water partition coefficient (Wildman–Crippen LogP) is 3.50. The largest absolute Gasteiger partial charge is 0.481 e. The summed E-state index contributed by atoms with van der Waals surface area (Å²) in [4.78, 5) is 40.5. The Bertz CT molecular complexity index is 807. The van der Waals surface area contributed by atoms with E-state index >= 15 is 0 Å². The molecule has 3 rings (SSSR count). The van der Waals surface area contributed by atoms with E-state index in [0.717, 1.165) is 30.7 Å². The zero-order valence-electron chi connectivity index (χ0n) is 14.4. The molecule has 0 aliphatic heterocycles. The number of benzene rings is 1. The van der Waals surface area contributed by atoms with Gasteiger partial charge in [0.15, 0.2) is 5.78 Å². The first-order valence-electron chi connectivity index (χ1n) is 8.81. The topological polar surface area (TPSA) is 84.3 Å². The first-order chi connectivity index (χ1) is 12.5. The van der Waals surface area contributed by atoms with Crippen LogP contribution in [0, 0.1) is 5.92 Å². The summed E-state index contributed by atoms with van der Waals surface area (Å²) >= 11 is 1.44. The summed E-state index contributed by atoms with van der Waals surface area (Å²) in [5.74, 6) is -0.891. The number of hydrogen-bond donors (Lipinski definition) is 1. The summed E-state index contributed by atoms with van der Waals surface area (Å²) < 4.78 is 0. The lowest BCUT2D eigenvalue weighted by Crippen LogP contribution is -2.17. The molecule has 1 saturated carbocycles. The lowest BCUT2D eigenvalue weighted by Gasteiger charge is -2.14. The van der Waals surface area contributed by atoms with Crippen LogP contribution in [0.25, 0.3) is 0 Å². The van der Waals surface area contributed by atoms with Gasteiger partial charge in [-0.1, -0.05) is 25.0 Å². The van der Waals surface area contributed by atoms with Crippen molar-refractivity contribution in [2.75, 3.05) is 0 Å². The third-order valence-corrected chi connectivity index (χ3v) is 5.52. The highest BCUT2D eigenvalue weighted by molar-refractivity contribution is 7.09. The second-order valence-electron chi connectivity index (χ2n) is 6.73. The summed E-state index contributed by atoms with van der Waals surface area (Å²) in [5, 5.41) is 11.6. The fourth-order valence-electron chi connectivity index (χ4n) is 3.48. The van der Waals surface area contributed by atoms with Crippen LogP contribution in [0.3, 0.4) is 0 Å². The van der Waals surface area contributed by atoms with E-state index in [1.165, 1.54) is 11.3 Å². The maximum atomic E-state index is 12.9. The van der Waals surface area contributed by atoms with Crippen molar-refractivity contribution < 1.29 is 19.5 Å². The van der Waals surface area contributed by atoms with Crippen molar-refractivity contribution in [1.82, 2.24) is 4.98 Å². The number of carboxylic acid groups (broad SMARTS) is 1. The number of rotatable bonds is 8. The zero-order valence-corrected chi connectivity index (χ0v) is 15.3. The van der Waals surface area contributed by atoms with Crippen molar-refractivity contribution in [1.29, 1.82) is 0 Å². The number of aromatic nitrogens is 1. The van der Waals surface area contributed by atoms with Gasteiger partial charge in [-0.2, -0.15) is 0 Å². The average molecular weight is 371 g/mol. The van der Waals surface area contributed by atoms with E-state index in [9.17, 15) is 14.4 Å². The van der Waals surface area contributed by atoms with Gasteiger partial charge in [-0.05, 0) is 30.0 Å². The maximum absolute atomic E-state index is 12.9. The molecular weight excluding hydrogens is 350 g/mol. The van der Waals surface area contributed by atoms with Crippen LogP contribution in [0.2, 0.25) is 0 Å². The third-order valence-electron chi connectivity index (χ3n) is 4.74. The van der Waals surface area contributed by atoms with Gasteiger partial charge >= 0.3 is 5.97 Å². The fraction of sp³-hybridized carbons (Fsp3) is 0.400. The van der Waals surface area contributed by atoms with Gasteiger partial charge in [0.25, 0.3) is 0 Å². The van der Waals surface area contributed by atoms with Crippen molar-refractivity contribution >= 4 is 28.9 Å². The molecule has 1 N–H and O–H groups in total. The van der Waals surface area contributed by atoms with Gasteiger partial charge in [0.05, 0.1) is 17.8 Å². The monoisotopic (exact) mass is 371 g/mol.